The molecule has 0 atom stereocenters. The minimum absolute atomic E-state index is 0.364. The molecule has 270 valence electrons. The normalized spacial score (nSPS) is 11.2. The van der Waals surface area contributed by atoms with Gasteiger partial charge in [0.05, 0.1) is 13.2 Å². The first-order valence-electron chi connectivity index (χ1n) is 17.7. The first kappa shape index (κ1) is 34.0. The summed E-state index contributed by atoms with van der Waals surface area (Å²) in [6.45, 7) is 1.96. The largest absolute Gasteiger partial charge is 0.494 e. The Bertz CT molecular complexity index is 2220. The maximum absolute atomic E-state index is 6.06. The number of nitrogens with one attached hydrogen (secondary N) is 2. The number of aromatic nitrogens is 14. The lowest BCUT2D eigenvalue weighted by Crippen LogP contribution is -2.06. The molecule has 0 spiro atoms. The first-order valence-corrected chi connectivity index (χ1v) is 17.7. The van der Waals surface area contributed by atoms with Crippen molar-refractivity contribution in [3.05, 3.63) is 121 Å². The van der Waals surface area contributed by atoms with Crippen molar-refractivity contribution in [3.63, 3.8) is 0 Å². The molecule has 16 heteroatoms. The van der Waals surface area contributed by atoms with Gasteiger partial charge in [-0.05, 0) is 70.8 Å². The topological polar surface area (TPSA) is 189 Å². The summed E-state index contributed by atoms with van der Waals surface area (Å²) in [7, 11) is 0. The van der Waals surface area contributed by atoms with Crippen LogP contribution >= 0.6 is 0 Å². The van der Waals surface area contributed by atoms with Crippen LogP contribution < -0.4 is 9.47 Å². The molecule has 0 radical (unpaired) electrons. The Morgan fingerprint density at radius 1 is 0.481 bits per heavy atom. The van der Waals surface area contributed by atoms with E-state index in [2.05, 4.69) is 61.4 Å². The number of hydrogen-bond donors (Lipinski definition) is 2. The quantitative estimate of drug-likeness (QED) is 0.110. The molecule has 0 saturated heterocycles. The van der Waals surface area contributed by atoms with Gasteiger partial charge in [0.25, 0.3) is 0 Å². The minimum atomic E-state index is 0.364. The van der Waals surface area contributed by atoms with Crippen molar-refractivity contribution in [1.82, 2.24) is 70.8 Å². The molecule has 0 saturated carbocycles. The van der Waals surface area contributed by atoms with Gasteiger partial charge in [0.2, 0.25) is 0 Å². The molecule has 8 rings (SSSR count). The summed E-state index contributed by atoms with van der Waals surface area (Å²) < 4.78 is 15.5. The molecule has 8 aromatic rings. The molecule has 2 N–H and O–H groups in total. The summed E-state index contributed by atoms with van der Waals surface area (Å²) in [4.78, 5) is 9.34. The number of unbranched alkanes of at least 4 members (excludes halogenated alkanes) is 3. The lowest BCUT2D eigenvalue weighted by atomic mass is 10.2. The van der Waals surface area contributed by atoms with Crippen LogP contribution in [0.5, 0.6) is 11.5 Å². The van der Waals surface area contributed by atoms with Crippen molar-refractivity contribution in [1.29, 1.82) is 0 Å². The van der Waals surface area contributed by atoms with E-state index in [1.54, 1.807) is 9.36 Å². The number of benzene rings is 4. The summed E-state index contributed by atoms with van der Waals surface area (Å²) in [6.07, 6.45) is 3.93. The zero-order valence-corrected chi connectivity index (χ0v) is 29.2. The smallest absolute Gasteiger partial charge is 0.182 e. The van der Waals surface area contributed by atoms with Crippen molar-refractivity contribution in [2.75, 3.05) is 13.2 Å². The highest BCUT2D eigenvalue weighted by Gasteiger charge is 2.14. The Balaban J connectivity index is 0.754. The molecular formula is C38H36N14O2. The van der Waals surface area contributed by atoms with Gasteiger partial charge in [0.1, 0.15) is 36.2 Å². The van der Waals surface area contributed by atoms with Crippen LogP contribution in [0.15, 0.2) is 109 Å². The predicted octanol–water partition coefficient (Wildman–Crippen LogP) is 5.68. The minimum Gasteiger partial charge on any atom is -0.494 e. The van der Waals surface area contributed by atoms with E-state index in [-0.39, 0.29) is 0 Å². The van der Waals surface area contributed by atoms with Gasteiger partial charge in [-0.2, -0.15) is 10.2 Å². The Morgan fingerprint density at radius 3 is 1.39 bits per heavy atom. The molecule has 4 aromatic heterocycles. The van der Waals surface area contributed by atoms with Gasteiger partial charge in [-0.1, -0.05) is 84.9 Å². The van der Waals surface area contributed by atoms with Crippen LogP contribution in [-0.2, 0) is 13.1 Å². The van der Waals surface area contributed by atoms with Crippen LogP contribution in [0.2, 0.25) is 0 Å². The molecule has 0 amide bonds. The SMILES string of the molecule is c1ccc(-c2nnnn2Cc2nc(-c3cccc(OCCCCCCOc4cccc(-c5n[nH]c(Cn6nnnc6-c6ccccc6)n5)c4)c3)n[nH]2)cc1. The highest BCUT2D eigenvalue weighted by Crippen LogP contribution is 2.24. The zero-order valence-electron chi connectivity index (χ0n) is 29.2. The predicted molar refractivity (Wildman–Crippen MR) is 198 cm³/mol. The number of ether oxygens (including phenoxy) is 2. The van der Waals surface area contributed by atoms with E-state index in [1.165, 1.54) is 0 Å². The lowest BCUT2D eigenvalue weighted by Gasteiger charge is -2.08. The number of tetrazole rings is 2. The second kappa shape index (κ2) is 16.5. The summed E-state index contributed by atoms with van der Waals surface area (Å²) in [6, 6.07) is 35.2. The molecule has 0 unspecified atom stereocenters. The van der Waals surface area contributed by atoms with Crippen molar-refractivity contribution >= 4 is 0 Å². The average molecular weight is 721 g/mol. The van der Waals surface area contributed by atoms with Gasteiger partial charge < -0.3 is 9.47 Å². The van der Waals surface area contributed by atoms with Gasteiger partial charge in [-0.25, -0.2) is 19.3 Å². The Hall–Kier alpha value is -7.10. The number of nitrogens with zero attached hydrogens (tertiary/aromatic N) is 12. The Labute approximate surface area is 309 Å². The van der Waals surface area contributed by atoms with E-state index in [9.17, 15) is 0 Å². The standard InChI is InChI=1S/C38H36N14O2/c1(9-21-53-31-19-11-17-29(23-31)35-39-33(41-43-35)25-51-37(45-47-49-51)27-13-5-3-6-14-27)2-10-22-54-32-20-12-18-30(24-32)36-40-34(42-44-36)26-52-38(46-48-50-52)28-15-7-4-8-16-28/h3-8,11-20,23-24H,1-2,9-10,21-22,25-26H2,(H,39,41,43)(H,40,42,44). The molecule has 0 fully saturated rings. The van der Waals surface area contributed by atoms with Crippen LogP contribution in [0, 0.1) is 0 Å². The van der Waals surface area contributed by atoms with Gasteiger partial charge in [-0.15, -0.1) is 10.2 Å². The number of aromatic amines is 2. The third kappa shape index (κ3) is 8.33. The fourth-order valence-electron chi connectivity index (χ4n) is 5.87. The van der Waals surface area contributed by atoms with E-state index in [0.717, 1.165) is 59.4 Å². The van der Waals surface area contributed by atoms with Crippen molar-refractivity contribution in [2.45, 2.75) is 38.8 Å². The molecule has 0 aliphatic heterocycles. The molecule has 4 heterocycles. The Morgan fingerprint density at radius 2 is 0.926 bits per heavy atom. The average Bonchev–Trinajstić information content (AvgIpc) is 4.06. The highest BCUT2D eigenvalue weighted by atomic mass is 16.5. The van der Waals surface area contributed by atoms with E-state index in [1.807, 2.05) is 109 Å². The van der Waals surface area contributed by atoms with Crippen LogP contribution in [0.3, 0.4) is 0 Å². The fraction of sp³-hybridized carbons (Fsp3) is 0.211. The van der Waals surface area contributed by atoms with Crippen LogP contribution in [0.1, 0.15) is 37.3 Å². The van der Waals surface area contributed by atoms with Crippen LogP contribution in [0.25, 0.3) is 45.6 Å². The van der Waals surface area contributed by atoms with Gasteiger partial charge in [0.15, 0.2) is 23.3 Å². The van der Waals surface area contributed by atoms with Crippen molar-refractivity contribution in [3.8, 4) is 57.1 Å². The fourth-order valence-corrected chi connectivity index (χ4v) is 5.87. The second-order valence-electron chi connectivity index (χ2n) is 12.4. The zero-order chi connectivity index (χ0) is 36.4. The summed E-state index contributed by atoms with van der Waals surface area (Å²) >= 11 is 0. The van der Waals surface area contributed by atoms with E-state index in [0.29, 0.717) is 61.2 Å². The maximum atomic E-state index is 6.06. The van der Waals surface area contributed by atoms with Crippen molar-refractivity contribution in [2.24, 2.45) is 0 Å². The molecular weight excluding hydrogens is 685 g/mol. The number of hydrogen-bond acceptors (Lipinski definition) is 12. The molecule has 0 aliphatic carbocycles. The van der Waals surface area contributed by atoms with E-state index >= 15 is 0 Å². The van der Waals surface area contributed by atoms with E-state index < -0.39 is 0 Å². The lowest BCUT2D eigenvalue weighted by molar-refractivity contribution is 0.287. The number of H-pyrrole nitrogens is 2. The summed E-state index contributed by atoms with van der Waals surface area (Å²) in [5.41, 5.74) is 3.58. The molecule has 0 aliphatic rings. The summed E-state index contributed by atoms with van der Waals surface area (Å²) in [5, 5.41) is 39.1. The van der Waals surface area contributed by atoms with Gasteiger partial charge in [0, 0.05) is 22.3 Å². The third-order valence-electron chi connectivity index (χ3n) is 8.55. The highest BCUT2D eigenvalue weighted by molar-refractivity contribution is 5.58. The third-order valence-corrected chi connectivity index (χ3v) is 8.55. The van der Waals surface area contributed by atoms with Crippen molar-refractivity contribution < 1.29 is 9.47 Å². The summed E-state index contributed by atoms with van der Waals surface area (Å²) in [5.74, 6) is 5.35. The maximum Gasteiger partial charge on any atom is 0.182 e. The number of rotatable bonds is 17. The molecule has 54 heavy (non-hydrogen) atoms. The Kier molecular flexibility index (Phi) is 10.4. The van der Waals surface area contributed by atoms with Gasteiger partial charge >= 0.3 is 0 Å². The molecule has 16 nitrogen and oxygen atoms in total. The van der Waals surface area contributed by atoms with Gasteiger partial charge in [-0.3, -0.25) is 10.2 Å². The van der Waals surface area contributed by atoms with Crippen LogP contribution in [0.4, 0.5) is 0 Å². The van der Waals surface area contributed by atoms with Crippen LogP contribution in [-0.4, -0.2) is 84.0 Å². The first-order chi connectivity index (χ1) is 26.7. The second-order valence-corrected chi connectivity index (χ2v) is 12.4. The molecule has 0 bridgehead atoms. The van der Waals surface area contributed by atoms with E-state index in [4.69, 9.17) is 9.47 Å². The monoisotopic (exact) mass is 720 g/mol. The molecule has 4 aromatic carbocycles.